The Hall–Kier alpha value is -0.860. The van der Waals surface area contributed by atoms with E-state index < -0.39 is 0 Å². The lowest BCUT2D eigenvalue weighted by atomic mass is 10.1. The van der Waals surface area contributed by atoms with Crippen molar-refractivity contribution >= 4 is 0 Å². The number of nitrogens with zero attached hydrogens (tertiary/aromatic N) is 1. The molecular formula is C17H28N2. The lowest BCUT2D eigenvalue weighted by Crippen LogP contribution is -2.41. The van der Waals surface area contributed by atoms with Gasteiger partial charge >= 0.3 is 0 Å². The molecule has 1 atom stereocenters. The number of fused-ring (bicyclic) bond motifs is 1. The van der Waals surface area contributed by atoms with Crippen LogP contribution in [0.2, 0.25) is 0 Å². The van der Waals surface area contributed by atoms with Crippen LogP contribution in [0.15, 0.2) is 24.3 Å². The Bertz CT molecular complexity index is 360. The van der Waals surface area contributed by atoms with E-state index in [4.69, 9.17) is 0 Å². The third-order valence-electron chi connectivity index (χ3n) is 4.32. The highest BCUT2D eigenvalue weighted by molar-refractivity contribution is 5.32. The number of hydrogen-bond donors (Lipinski definition) is 1. The fourth-order valence-corrected chi connectivity index (χ4v) is 3.10. The summed E-state index contributed by atoms with van der Waals surface area (Å²) in [4.78, 5) is 2.49. The first-order chi connectivity index (χ1) is 9.22. The fourth-order valence-electron chi connectivity index (χ4n) is 3.10. The summed E-state index contributed by atoms with van der Waals surface area (Å²) in [6.07, 6.45) is 2.50. The predicted octanol–water partition coefficient (Wildman–Crippen LogP) is 2.72. The lowest BCUT2D eigenvalue weighted by molar-refractivity contribution is 0.266. The molecule has 0 heterocycles. The van der Waals surface area contributed by atoms with Gasteiger partial charge in [0.2, 0.25) is 0 Å². The second-order valence-corrected chi connectivity index (χ2v) is 5.84. The van der Waals surface area contributed by atoms with E-state index in [0.717, 1.165) is 32.1 Å². The van der Waals surface area contributed by atoms with Gasteiger partial charge in [-0.25, -0.2) is 0 Å². The SMILES string of the molecule is CCN(CC)CC(C)NCC1Cc2ccccc2C1. The van der Waals surface area contributed by atoms with Crippen molar-refractivity contribution in [3.63, 3.8) is 0 Å². The summed E-state index contributed by atoms with van der Waals surface area (Å²) < 4.78 is 0. The smallest absolute Gasteiger partial charge is 0.0166 e. The average Bonchev–Trinajstić information content (AvgIpc) is 2.85. The summed E-state index contributed by atoms with van der Waals surface area (Å²) in [5.74, 6) is 0.788. The van der Waals surface area contributed by atoms with Gasteiger partial charge in [-0.15, -0.1) is 0 Å². The van der Waals surface area contributed by atoms with Crippen LogP contribution < -0.4 is 5.32 Å². The summed E-state index contributed by atoms with van der Waals surface area (Å²) in [5, 5.41) is 3.72. The molecule has 0 aromatic heterocycles. The summed E-state index contributed by atoms with van der Waals surface area (Å²) in [6.45, 7) is 11.4. The van der Waals surface area contributed by atoms with Gasteiger partial charge in [-0.2, -0.15) is 0 Å². The summed E-state index contributed by atoms with van der Waals surface area (Å²) in [6, 6.07) is 9.49. The van der Waals surface area contributed by atoms with E-state index in [1.165, 1.54) is 12.8 Å². The van der Waals surface area contributed by atoms with Gasteiger partial charge in [-0.1, -0.05) is 38.1 Å². The van der Waals surface area contributed by atoms with Gasteiger partial charge in [-0.05, 0) is 56.4 Å². The molecule has 19 heavy (non-hydrogen) atoms. The zero-order chi connectivity index (χ0) is 13.7. The molecule has 106 valence electrons. The third-order valence-corrected chi connectivity index (χ3v) is 4.32. The van der Waals surface area contributed by atoms with Gasteiger partial charge < -0.3 is 10.2 Å². The van der Waals surface area contributed by atoms with Gasteiger partial charge in [0.1, 0.15) is 0 Å². The second kappa shape index (κ2) is 7.06. The maximum Gasteiger partial charge on any atom is 0.0166 e. The molecule has 2 rings (SSSR count). The minimum Gasteiger partial charge on any atom is -0.313 e. The molecule has 0 amide bonds. The first-order valence-electron chi connectivity index (χ1n) is 7.75. The van der Waals surface area contributed by atoms with Crippen LogP contribution in [-0.4, -0.2) is 37.1 Å². The maximum atomic E-state index is 3.72. The highest BCUT2D eigenvalue weighted by atomic mass is 15.1. The van der Waals surface area contributed by atoms with E-state index in [1.807, 2.05) is 0 Å². The highest BCUT2D eigenvalue weighted by Crippen LogP contribution is 2.25. The van der Waals surface area contributed by atoms with E-state index in [9.17, 15) is 0 Å². The van der Waals surface area contributed by atoms with Crippen molar-refractivity contribution in [3.8, 4) is 0 Å². The number of likely N-dealkylation sites (N-methyl/N-ethyl adjacent to an activating group) is 1. The highest BCUT2D eigenvalue weighted by Gasteiger charge is 2.21. The Morgan fingerprint density at radius 2 is 1.74 bits per heavy atom. The molecule has 1 N–H and O–H groups in total. The minimum atomic E-state index is 0.587. The quantitative estimate of drug-likeness (QED) is 0.811. The molecule has 0 aliphatic heterocycles. The second-order valence-electron chi connectivity index (χ2n) is 5.84. The molecule has 0 bridgehead atoms. The molecule has 2 heteroatoms. The lowest BCUT2D eigenvalue weighted by Gasteiger charge is -2.24. The minimum absolute atomic E-state index is 0.587. The number of benzene rings is 1. The van der Waals surface area contributed by atoms with Crippen molar-refractivity contribution in [2.24, 2.45) is 5.92 Å². The molecule has 0 saturated carbocycles. The van der Waals surface area contributed by atoms with Gasteiger partial charge in [-0.3, -0.25) is 0 Å². The van der Waals surface area contributed by atoms with Crippen LogP contribution in [0.5, 0.6) is 0 Å². The van der Waals surface area contributed by atoms with Crippen LogP contribution in [0, 0.1) is 5.92 Å². The van der Waals surface area contributed by atoms with Gasteiger partial charge in [0.25, 0.3) is 0 Å². The van der Waals surface area contributed by atoms with Crippen molar-refractivity contribution in [3.05, 3.63) is 35.4 Å². The van der Waals surface area contributed by atoms with E-state index in [2.05, 4.69) is 55.3 Å². The van der Waals surface area contributed by atoms with Crippen LogP contribution in [0.4, 0.5) is 0 Å². The van der Waals surface area contributed by atoms with E-state index in [1.54, 1.807) is 11.1 Å². The average molecular weight is 260 g/mol. The Morgan fingerprint density at radius 1 is 1.16 bits per heavy atom. The Morgan fingerprint density at radius 3 is 2.26 bits per heavy atom. The maximum absolute atomic E-state index is 3.72. The fraction of sp³-hybridized carbons (Fsp3) is 0.647. The van der Waals surface area contributed by atoms with Crippen LogP contribution in [0.1, 0.15) is 31.9 Å². The largest absolute Gasteiger partial charge is 0.313 e. The zero-order valence-corrected chi connectivity index (χ0v) is 12.7. The van der Waals surface area contributed by atoms with Crippen LogP contribution in [0.25, 0.3) is 0 Å². The summed E-state index contributed by atoms with van der Waals surface area (Å²) in [5.41, 5.74) is 3.12. The molecule has 1 unspecified atom stereocenters. The Labute approximate surface area is 118 Å². The molecule has 0 saturated heterocycles. The molecule has 1 aromatic rings. The van der Waals surface area contributed by atoms with Crippen molar-refractivity contribution in [1.29, 1.82) is 0 Å². The number of rotatable bonds is 7. The molecule has 0 radical (unpaired) electrons. The van der Waals surface area contributed by atoms with Gasteiger partial charge in [0.05, 0.1) is 0 Å². The van der Waals surface area contributed by atoms with Crippen molar-refractivity contribution < 1.29 is 0 Å². The van der Waals surface area contributed by atoms with E-state index in [-0.39, 0.29) is 0 Å². The molecule has 2 nitrogen and oxygen atoms in total. The van der Waals surface area contributed by atoms with Gasteiger partial charge in [0, 0.05) is 12.6 Å². The standard InChI is InChI=1S/C17H28N2/c1-4-19(5-2)13-14(3)18-12-15-10-16-8-6-7-9-17(16)11-15/h6-9,14-15,18H,4-5,10-13H2,1-3H3. The van der Waals surface area contributed by atoms with Gasteiger partial charge in [0.15, 0.2) is 0 Å². The molecular weight excluding hydrogens is 232 g/mol. The summed E-state index contributed by atoms with van der Waals surface area (Å²) in [7, 11) is 0. The molecule has 0 spiro atoms. The normalized spacial score (nSPS) is 16.8. The topological polar surface area (TPSA) is 15.3 Å². The Balaban J connectivity index is 1.73. The van der Waals surface area contributed by atoms with Crippen molar-refractivity contribution in [2.75, 3.05) is 26.2 Å². The monoisotopic (exact) mass is 260 g/mol. The van der Waals surface area contributed by atoms with Crippen LogP contribution in [-0.2, 0) is 12.8 Å². The molecule has 1 aromatic carbocycles. The van der Waals surface area contributed by atoms with E-state index in [0.29, 0.717) is 6.04 Å². The predicted molar refractivity (Wildman–Crippen MR) is 82.6 cm³/mol. The molecule has 1 aliphatic rings. The van der Waals surface area contributed by atoms with Crippen molar-refractivity contribution in [1.82, 2.24) is 10.2 Å². The zero-order valence-electron chi connectivity index (χ0n) is 12.7. The first kappa shape index (κ1) is 14.5. The molecule has 1 aliphatic carbocycles. The molecule has 0 fully saturated rings. The summed E-state index contributed by atoms with van der Waals surface area (Å²) >= 11 is 0. The van der Waals surface area contributed by atoms with Crippen LogP contribution in [0.3, 0.4) is 0 Å². The van der Waals surface area contributed by atoms with Crippen molar-refractivity contribution in [2.45, 2.75) is 39.7 Å². The number of hydrogen-bond acceptors (Lipinski definition) is 2. The Kier molecular flexibility index (Phi) is 5.41. The van der Waals surface area contributed by atoms with Crippen LogP contribution >= 0.6 is 0 Å². The van der Waals surface area contributed by atoms with E-state index >= 15 is 0 Å². The third kappa shape index (κ3) is 4.05. The number of nitrogens with one attached hydrogen (secondary N) is 1. The first-order valence-corrected chi connectivity index (χ1v) is 7.75.